The first-order chi connectivity index (χ1) is 14.1. The molecular formula is C24H33NO4. The van der Waals surface area contributed by atoms with Crippen LogP contribution >= 0.6 is 0 Å². The second kappa shape index (κ2) is 10.5. The predicted molar refractivity (Wildman–Crippen MR) is 115 cm³/mol. The number of morpholine rings is 1. The molecule has 0 aliphatic carbocycles. The van der Waals surface area contributed by atoms with Crippen molar-refractivity contribution in [1.29, 1.82) is 0 Å². The van der Waals surface area contributed by atoms with Crippen molar-refractivity contribution < 1.29 is 18.9 Å². The largest absolute Gasteiger partial charge is 0.494 e. The Morgan fingerprint density at radius 1 is 0.966 bits per heavy atom. The van der Waals surface area contributed by atoms with Gasteiger partial charge in [0.2, 0.25) is 0 Å². The molecule has 29 heavy (non-hydrogen) atoms. The van der Waals surface area contributed by atoms with Crippen molar-refractivity contribution in [3.05, 3.63) is 54.1 Å². The molecule has 158 valence electrons. The number of hydrogen-bond acceptors (Lipinski definition) is 5. The molecule has 2 aromatic rings. The minimum Gasteiger partial charge on any atom is -0.494 e. The number of para-hydroxylation sites is 2. The topological polar surface area (TPSA) is 40.2 Å². The summed E-state index contributed by atoms with van der Waals surface area (Å²) < 4.78 is 24.1. The fourth-order valence-electron chi connectivity index (χ4n) is 3.59. The van der Waals surface area contributed by atoms with Gasteiger partial charge in [0.25, 0.3) is 0 Å². The van der Waals surface area contributed by atoms with E-state index in [-0.39, 0.29) is 12.2 Å². The van der Waals surface area contributed by atoms with Crippen molar-refractivity contribution >= 4 is 0 Å². The number of nitrogens with zero attached hydrogens (tertiary/aromatic N) is 1. The summed E-state index contributed by atoms with van der Waals surface area (Å²) in [5.74, 6) is 2.35. The third kappa shape index (κ3) is 5.64. The Balaban J connectivity index is 1.89. The molecular weight excluding hydrogens is 366 g/mol. The van der Waals surface area contributed by atoms with Gasteiger partial charge in [-0.15, -0.1) is 0 Å². The highest BCUT2D eigenvalue weighted by Crippen LogP contribution is 2.35. The first-order valence-electron chi connectivity index (χ1n) is 10.6. The number of benzene rings is 2. The van der Waals surface area contributed by atoms with Crippen LogP contribution in [0.25, 0.3) is 0 Å². The summed E-state index contributed by atoms with van der Waals surface area (Å²) in [6, 6.07) is 16.4. The lowest BCUT2D eigenvalue weighted by molar-refractivity contribution is -0.0889. The third-order valence-corrected chi connectivity index (χ3v) is 5.12. The molecule has 0 amide bonds. The maximum absolute atomic E-state index is 6.53. The third-order valence-electron chi connectivity index (χ3n) is 5.12. The van der Waals surface area contributed by atoms with E-state index in [1.807, 2.05) is 50.2 Å². The van der Waals surface area contributed by atoms with Gasteiger partial charge in [-0.2, -0.15) is 0 Å². The molecule has 0 saturated carbocycles. The van der Waals surface area contributed by atoms with Crippen molar-refractivity contribution in [2.45, 2.75) is 45.9 Å². The van der Waals surface area contributed by atoms with Crippen molar-refractivity contribution in [3.8, 4) is 17.2 Å². The molecule has 0 N–H and O–H groups in total. The summed E-state index contributed by atoms with van der Waals surface area (Å²) in [5.41, 5.74) is 1.07. The van der Waals surface area contributed by atoms with Crippen molar-refractivity contribution in [2.24, 2.45) is 0 Å². The van der Waals surface area contributed by atoms with Gasteiger partial charge in [-0.3, -0.25) is 4.90 Å². The van der Waals surface area contributed by atoms with Gasteiger partial charge in [0.1, 0.15) is 11.9 Å². The van der Waals surface area contributed by atoms with E-state index in [0.29, 0.717) is 25.9 Å². The van der Waals surface area contributed by atoms with Gasteiger partial charge in [-0.1, -0.05) is 24.3 Å². The lowest BCUT2D eigenvalue weighted by Crippen LogP contribution is -2.48. The summed E-state index contributed by atoms with van der Waals surface area (Å²) in [4.78, 5) is 2.44. The van der Waals surface area contributed by atoms with Crippen LogP contribution in [0.2, 0.25) is 0 Å². The quantitative estimate of drug-likeness (QED) is 0.611. The Bertz CT molecular complexity index is 747. The maximum atomic E-state index is 6.53. The van der Waals surface area contributed by atoms with E-state index in [9.17, 15) is 0 Å². The fourth-order valence-corrected chi connectivity index (χ4v) is 3.59. The highest BCUT2D eigenvalue weighted by Gasteiger charge is 2.32. The molecule has 2 aromatic carbocycles. The normalized spacial score (nSPS) is 18.4. The zero-order chi connectivity index (χ0) is 20.6. The van der Waals surface area contributed by atoms with Gasteiger partial charge < -0.3 is 18.9 Å². The summed E-state index contributed by atoms with van der Waals surface area (Å²) in [6.07, 6.45) is -0.312. The minimum absolute atomic E-state index is 0.0706. The van der Waals surface area contributed by atoms with Gasteiger partial charge in [-0.25, -0.2) is 0 Å². The standard InChI is InChI=1S/C24H33NO4/c1-5-26-20-13-11-19(12-14-20)24(23-17-25(18(3)4)15-16-28-23)29-22-10-8-7-9-21(22)27-6-2/h7-14,18,23-24H,5-6,15-17H2,1-4H3. The van der Waals surface area contributed by atoms with Crippen LogP contribution in [0.5, 0.6) is 17.2 Å². The summed E-state index contributed by atoms with van der Waals surface area (Å²) >= 11 is 0. The molecule has 5 heteroatoms. The molecule has 0 bridgehead atoms. The van der Waals surface area contributed by atoms with E-state index >= 15 is 0 Å². The molecule has 0 aromatic heterocycles. The van der Waals surface area contributed by atoms with E-state index in [0.717, 1.165) is 35.9 Å². The van der Waals surface area contributed by atoms with Gasteiger partial charge >= 0.3 is 0 Å². The smallest absolute Gasteiger partial charge is 0.162 e. The van der Waals surface area contributed by atoms with Gasteiger partial charge in [0.15, 0.2) is 17.6 Å². The Hall–Kier alpha value is -2.24. The van der Waals surface area contributed by atoms with Gasteiger partial charge in [0, 0.05) is 19.1 Å². The zero-order valence-electron chi connectivity index (χ0n) is 18.0. The molecule has 5 nitrogen and oxygen atoms in total. The summed E-state index contributed by atoms with van der Waals surface area (Å²) in [5, 5.41) is 0. The SMILES string of the molecule is CCOc1ccc(C(Oc2ccccc2OCC)C2CN(C(C)C)CCO2)cc1. The lowest BCUT2D eigenvalue weighted by Gasteiger charge is -2.39. The van der Waals surface area contributed by atoms with Crippen LogP contribution in [0, 0.1) is 0 Å². The van der Waals surface area contributed by atoms with E-state index in [1.54, 1.807) is 0 Å². The molecule has 1 fully saturated rings. The zero-order valence-corrected chi connectivity index (χ0v) is 18.0. The van der Waals surface area contributed by atoms with Crippen LogP contribution in [0.4, 0.5) is 0 Å². The molecule has 0 radical (unpaired) electrons. The second-order valence-corrected chi connectivity index (χ2v) is 7.42. The van der Waals surface area contributed by atoms with Crippen LogP contribution in [0.15, 0.2) is 48.5 Å². The van der Waals surface area contributed by atoms with E-state index in [2.05, 4.69) is 30.9 Å². The maximum Gasteiger partial charge on any atom is 0.162 e. The second-order valence-electron chi connectivity index (χ2n) is 7.42. The minimum atomic E-state index is -0.242. The Morgan fingerprint density at radius 3 is 2.31 bits per heavy atom. The first-order valence-corrected chi connectivity index (χ1v) is 10.6. The Morgan fingerprint density at radius 2 is 1.66 bits per heavy atom. The Labute approximate surface area is 174 Å². The predicted octanol–water partition coefficient (Wildman–Crippen LogP) is 4.71. The molecule has 3 rings (SSSR count). The number of hydrogen-bond donors (Lipinski definition) is 0. The molecule has 1 aliphatic rings. The van der Waals surface area contributed by atoms with Gasteiger partial charge in [0.05, 0.1) is 19.8 Å². The van der Waals surface area contributed by atoms with Crippen LogP contribution in [0.3, 0.4) is 0 Å². The monoisotopic (exact) mass is 399 g/mol. The number of ether oxygens (including phenoxy) is 4. The lowest BCUT2D eigenvalue weighted by atomic mass is 10.0. The molecule has 2 atom stereocenters. The highest BCUT2D eigenvalue weighted by atomic mass is 16.6. The average molecular weight is 400 g/mol. The van der Waals surface area contributed by atoms with Crippen LogP contribution in [-0.2, 0) is 4.74 Å². The van der Waals surface area contributed by atoms with E-state index in [4.69, 9.17) is 18.9 Å². The van der Waals surface area contributed by atoms with Crippen LogP contribution in [0.1, 0.15) is 39.4 Å². The summed E-state index contributed by atoms with van der Waals surface area (Å²) in [7, 11) is 0. The van der Waals surface area contributed by atoms with Crippen molar-refractivity contribution in [3.63, 3.8) is 0 Å². The van der Waals surface area contributed by atoms with E-state index < -0.39 is 0 Å². The number of rotatable bonds is 9. The molecule has 1 saturated heterocycles. The van der Waals surface area contributed by atoms with Crippen LogP contribution in [-0.4, -0.2) is 50.0 Å². The molecule has 1 aliphatic heterocycles. The van der Waals surface area contributed by atoms with E-state index in [1.165, 1.54) is 0 Å². The summed E-state index contributed by atoms with van der Waals surface area (Å²) in [6.45, 7) is 12.1. The van der Waals surface area contributed by atoms with Crippen molar-refractivity contribution in [2.75, 3.05) is 32.9 Å². The Kier molecular flexibility index (Phi) is 7.78. The molecule has 2 unspecified atom stereocenters. The molecule has 0 spiro atoms. The molecule has 1 heterocycles. The van der Waals surface area contributed by atoms with Crippen LogP contribution < -0.4 is 14.2 Å². The first kappa shape index (κ1) is 21.5. The average Bonchev–Trinajstić information content (AvgIpc) is 2.74. The fraction of sp³-hybridized carbons (Fsp3) is 0.500. The van der Waals surface area contributed by atoms with Crippen molar-refractivity contribution in [1.82, 2.24) is 4.90 Å². The highest BCUT2D eigenvalue weighted by molar-refractivity contribution is 5.40. The van der Waals surface area contributed by atoms with Gasteiger partial charge in [-0.05, 0) is 57.5 Å².